The SMILES string of the molecule is Cn1nnc2cc(CN(CC#N)CC3CCN(c4ncc(C(N)=O)cn4)CC3)ccc21. The fraction of sp³-hybridized carbons (Fsp3) is 0.429. The molecule has 2 aromatic heterocycles. The quantitative estimate of drug-likeness (QED) is 0.564. The van der Waals surface area contributed by atoms with Gasteiger partial charge in [0.15, 0.2) is 0 Å². The number of nitrogens with zero attached hydrogens (tertiary/aromatic N) is 8. The van der Waals surface area contributed by atoms with Crippen LogP contribution in [0.3, 0.4) is 0 Å². The van der Waals surface area contributed by atoms with Crippen LogP contribution in [0.2, 0.25) is 0 Å². The van der Waals surface area contributed by atoms with Crippen molar-refractivity contribution >= 4 is 22.9 Å². The standard InChI is InChI=1S/C21H25N9O/c1-28-19-3-2-16(10-18(19)26-27-28)14-29(9-6-22)13-15-4-7-30(8-5-15)21-24-11-17(12-25-21)20(23)31/h2-3,10-12,15H,4-5,7-9,13-14H2,1H3,(H2,23,31). The van der Waals surface area contributed by atoms with Crippen LogP contribution in [0.25, 0.3) is 11.0 Å². The predicted octanol–water partition coefficient (Wildman–Crippen LogP) is 1.10. The van der Waals surface area contributed by atoms with Gasteiger partial charge in [0.2, 0.25) is 5.95 Å². The Hall–Kier alpha value is -3.58. The maximum atomic E-state index is 11.2. The summed E-state index contributed by atoms with van der Waals surface area (Å²) in [5.74, 6) is 0.589. The number of aromatic nitrogens is 5. The van der Waals surface area contributed by atoms with Gasteiger partial charge in [-0.1, -0.05) is 11.3 Å². The summed E-state index contributed by atoms with van der Waals surface area (Å²) in [6, 6.07) is 8.44. The van der Waals surface area contributed by atoms with E-state index in [0.29, 0.717) is 30.5 Å². The molecule has 1 fully saturated rings. The van der Waals surface area contributed by atoms with Crippen LogP contribution < -0.4 is 10.6 Å². The van der Waals surface area contributed by atoms with Crippen molar-refractivity contribution in [3.8, 4) is 6.07 Å². The van der Waals surface area contributed by atoms with E-state index < -0.39 is 5.91 Å². The number of anilines is 1. The minimum absolute atomic E-state index is 0.311. The number of carbonyl (C=O) groups is 1. The smallest absolute Gasteiger partial charge is 0.251 e. The highest BCUT2D eigenvalue weighted by Crippen LogP contribution is 2.22. The van der Waals surface area contributed by atoms with E-state index in [0.717, 1.165) is 49.1 Å². The van der Waals surface area contributed by atoms with Crippen molar-refractivity contribution in [2.24, 2.45) is 18.7 Å². The van der Waals surface area contributed by atoms with E-state index >= 15 is 0 Å². The maximum Gasteiger partial charge on any atom is 0.251 e. The number of nitriles is 1. The van der Waals surface area contributed by atoms with Crippen LogP contribution >= 0.6 is 0 Å². The summed E-state index contributed by atoms with van der Waals surface area (Å²) in [6.07, 6.45) is 4.93. The normalized spacial score (nSPS) is 14.8. The zero-order valence-electron chi connectivity index (χ0n) is 17.5. The molecule has 1 aromatic carbocycles. The fourth-order valence-electron chi connectivity index (χ4n) is 4.02. The van der Waals surface area contributed by atoms with Gasteiger partial charge in [-0.3, -0.25) is 9.69 Å². The lowest BCUT2D eigenvalue weighted by atomic mass is 9.96. The molecule has 1 aliphatic heterocycles. The second-order valence-corrected chi connectivity index (χ2v) is 7.93. The van der Waals surface area contributed by atoms with E-state index in [1.54, 1.807) is 4.68 Å². The number of aryl methyl sites for hydroxylation is 1. The molecule has 10 heteroatoms. The van der Waals surface area contributed by atoms with Crippen molar-refractivity contribution in [3.05, 3.63) is 41.7 Å². The number of amides is 1. The largest absolute Gasteiger partial charge is 0.366 e. The van der Waals surface area contributed by atoms with Crippen LogP contribution in [-0.4, -0.2) is 61.9 Å². The van der Waals surface area contributed by atoms with E-state index in [-0.39, 0.29) is 0 Å². The van der Waals surface area contributed by atoms with E-state index in [2.05, 4.69) is 42.2 Å². The summed E-state index contributed by atoms with van der Waals surface area (Å²) < 4.78 is 1.76. The molecule has 0 spiro atoms. The number of nitrogens with two attached hydrogens (primary N) is 1. The summed E-state index contributed by atoms with van der Waals surface area (Å²) >= 11 is 0. The average Bonchev–Trinajstić information content (AvgIpc) is 3.14. The molecule has 0 unspecified atom stereocenters. The Morgan fingerprint density at radius 1 is 1.29 bits per heavy atom. The van der Waals surface area contributed by atoms with Crippen LogP contribution in [0.5, 0.6) is 0 Å². The van der Waals surface area contributed by atoms with Gasteiger partial charge in [0.1, 0.15) is 5.52 Å². The van der Waals surface area contributed by atoms with Gasteiger partial charge in [-0.15, -0.1) is 5.10 Å². The molecule has 31 heavy (non-hydrogen) atoms. The predicted molar refractivity (Wildman–Crippen MR) is 115 cm³/mol. The summed E-state index contributed by atoms with van der Waals surface area (Å²) in [5, 5.41) is 17.5. The Kier molecular flexibility index (Phi) is 6.04. The molecule has 3 aromatic rings. The van der Waals surface area contributed by atoms with Crippen LogP contribution in [0.15, 0.2) is 30.6 Å². The van der Waals surface area contributed by atoms with Crippen molar-refractivity contribution < 1.29 is 4.79 Å². The molecule has 0 saturated carbocycles. The van der Waals surface area contributed by atoms with Crippen molar-refractivity contribution in [3.63, 3.8) is 0 Å². The zero-order valence-corrected chi connectivity index (χ0v) is 17.5. The van der Waals surface area contributed by atoms with E-state index in [1.165, 1.54) is 12.4 Å². The first kappa shape index (κ1) is 20.7. The number of hydrogen-bond donors (Lipinski definition) is 1. The first-order chi connectivity index (χ1) is 15.0. The number of hydrogen-bond acceptors (Lipinski definition) is 8. The molecule has 2 N–H and O–H groups in total. The van der Waals surface area contributed by atoms with E-state index in [4.69, 9.17) is 5.73 Å². The van der Waals surface area contributed by atoms with E-state index in [1.807, 2.05) is 19.2 Å². The monoisotopic (exact) mass is 419 g/mol. The third kappa shape index (κ3) is 4.78. The summed E-state index contributed by atoms with van der Waals surface area (Å²) in [4.78, 5) is 24.0. The number of piperidine rings is 1. The third-order valence-electron chi connectivity index (χ3n) is 5.71. The first-order valence-electron chi connectivity index (χ1n) is 10.3. The highest BCUT2D eigenvalue weighted by molar-refractivity contribution is 5.92. The Bertz CT molecular complexity index is 1090. The van der Waals surface area contributed by atoms with Crippen LogP contribution in [0.1, 0.15) is 28.8 Å². The van der Waals surface area contributed by atoms with E-state index in [9.17, 15) is 10.1 Å². The van der Waals surface area contributed by atoms with Gasteiger partial charge in [-0.2, -0.15) is 5.26 Å². The molecule has 1 saturated heterocycles. The zero-order chi connectivity index (χ0) is 21.8. The minimum Gasteiger partial charge on any atom is -0.366 e. The Balaban J connectivity index is 1.34. The molecule has 160 valence electrons. The minimum atomic E-state index is -0.527. The lowest BCUT2D eigenvalue weighted by Crippen LogP contribution is -2.39. The molecule has 1 aliphatic rings. The van der Waals surface area contributed by atoms with Gasteiger partial charge in [0, 0.05) is 45.6 Å². The summed E-state index contributed by atoms with van der Waals surface area (Å²) in [5.41, 5.74) is 8.55. The van der Waals surface area contributed by atoms with Gasteiger partial charge in [0.25, 0.3) is 5.91 Å². The average molecular weight is 419 g/mol. The van der Waals surface area contributed by atoms with Crippen LogP contribution in [-0.2, 0) is 13.6 Å². The summed E-state index contributed by atoms with van der Waals surface area (Å²) in [7, 11) is 1.88. The molecule has 0 bridgehead atoms. The van der Waals surface area contributed by atoms with Crippen LogP contribution in [0.4, 0.5) is 5.95 Å². The van der Waals surface area contributed by atoms with Gasteiger partial charge in [-0.25, -0.2) is 14.6 Å². The molecule has 0 atom stereocenters. The molecular weight excluding hydrogens is 394 g/mol. The Labute approximate surface area is 180 Å². The highest BCUT2D eigenvalue weighted by atomic mass is 16.1. The lowest BCUT2D eigenvalue weighted by Gasteiger charge is -2.34. The number of fused-ring (bicyclic) bond motifs is 1. The molecular formula is C21H25N9O. The highest BCUT2D eigenvalue weighted by Gasteiger charge is 2.23. The fourth-order valence-corrected chi connectivity index (χ4v) is 4.02. The van der Waals surface area contributed by atoms with Crippen molar-refractivity contribution in [2.75, 3.05) is 31.1 Å². The molecule has 4 rings (SSSR count). The third-order valence-corrected chi connectivity index (χ3v) is 5.71. The molecule has 3 heterocycles. The topological polar surface area (TPSA) is 130 Å². The van der Waals surface area contributed by atoms with Gasteiger partial charge >= 0.3 is 0 Å². The molecule has 10 nitrogen and oxygen atoms in total. The number of primary amides is 1. The molecule has 0 radical (unpaired) electrons. The number of benzene rings is 1. The second kappa shape index (κ2) is 9.06. The van der Waals surface area contributed by atoms with Crippen molar-refractivity contribution in [1.82, 2.24) is 29.9 Å². The van der Waals surface area contributed by atoms with Crippen molar-refractivity contribution in [2.45, 2.75) is 19.4 Å². The first-order valence-corrected chi connectivity index (χ1v) is 10.3. The second-order valence-electron chi connectivity index (χ2n) is 7.93. The molecule has 1 amide bonds. The maximum absolute atomic E-state index is 11.2. The lowest BCUT2D eigenvalue weighted by molar-refractivity contribution is 0.0999. The van der Waals surface area contributed by atoms with Gasteiger partial charge in [0.05, 0.1) is 23.7 Å². The van der Waals surface area contributed by atoms with Gasteiger partial charge < -0.3 is 10.6 Å². The number of carbonyl (C=O) groups excluding carboxylic acids is 1. The number of rotatable bonds is 7. The van der Waals surface area contributed by atoms with Crippen molar-refractivity contribution in [1.29, 1.82) is 5.26 Å². The Morgan fingerprint density at radius 2 is 2.03 bits per heavy atom. The Morgan fingerprint density at radius 3 is 2.71 bits per heavy atom. The van der Waals surface area contributed by atoms with Crippen LogP contribution in [0, 0.1) is 17.2 Å². The summed E-state index contributed by atoms with van der Waals surface area (Å²) in [6.45, 7) is 3.63. The molecule has 0 aliphatic carbocycles. The van der Waals surface area contributed by atoms with Gasteiger partial charge in [-0.05, 0) is 36.5 Å².